The number of hydrogen-bond acceptors (Lipinski definition) is 5. The smallest absolute Gasteiger partial charge is 0.241 e. The van der Waals surface area contributed by atoms with E-state index in [0.717, 1.165) is 38.3 Å². The van der Waals surface area contributed by atoms with E-state index in [-0.39, 0.29) is 23.4 Å². The Balaban J connectivity index is 1.30. The molecule has 4 atom stereocenters. The van der Waals surface area contributed by atoms with Crippen LogP contribution in [0, 0.1) is 5.92 Å². The first-order valence-corrected chi connectivity index (χ1v) is 10.7. The number of likely N-dealkylation sites (N-methyl/N-ethyl adjacent to an activating group) is 1. The van der Waals surface area contributed by atoms with E-state index in [9.17, 15) is 9.90 Å². The topological polar surface area (TPSA) is 67.8 Å². The molecule has 6 heteroatoms. The van der Waals surface area contributed by atoms with Crippen LogP contribution in [0.5, 0.6) is 0 Å². The molecule has 3 N–H and O–H groups in total. The number of carbonyl (C=O) groups is 1. The lowest BCUT2D eigenvalue weighted by atomic mass is 9.72. The second-order valence-electron chi connectivity index (χ2n) is 9.44. The number of benzene rings is 1. The van der Waals surface area contributed by atoms with Crippen LogP contribution in [0.15, 0.2) is 24.3 Å². The van der Waals surface area contributed by atoms with Crippen LogP contribution in [0.2, 0.25) is 0 Å². The number of rotatable bonds is 3. The minimum Gasteiger partial charge on any atom is -0.390 e. The molecule has 0 aromatic heterocycles. The molecular formula is C22H32N4O2. The lowest BCUT2D eigenvalue weighted by Gasteiger charge is -2.43. The molecule has 152 valence electrons. The molecule has 1 aromatic carbocycles. The van der Waals surface area contributed by atoms with Gasteiger partial charge in [-0.15, -0.1) is 0 Å². The Morgan fingerprint density at radius 3 is 2.57 bits per heavy atom. The van der Waals surface area contributed by atoms with E-state index in [2.05, 4.69) is 40.0 Å². The zero-order chi connectivity index (χ0) is 19.5. The average Bonchev–Trinajstić information content (AvgIpc) is 3.38. The molecule has 0 bridgehead atoms. The fourth-order valence-corrected chi connectivity index (χ4v) is 5.86. The molecule has 1 saturated carbocycles. The zero-order valence-electron chi connectivity index (χ0n) is 16.9. The number of hydrazine groups is 1. The van der Waals surface area contributed by atoms with Crippen LogP contribution < -0.4 is 10.9 Å². The third-order valence-corrected chi connectivity index (χ3v) is 7.63. The van der Waals surface area contributed by atoms with Gasteiger partial charge >= 0.3 is 0 Å². The third-order valence-electron chi connectivity index (χ3n) is 7.63. The number of piperidine rings is 1. The van der Waals surface area contributed by atoms with E-state index in [1.165, 1.54) is 24.0 Å². The minimum atomic E-state index is -0.428. The first-order valence-electron chi connectivity index (χ1n) is 10.7. The van der Waals surface area contributed by atoms with Crippen molar-refractivity contribution in [1.82, 2.24) is 20.7 Å². The molecule has 4 aliphatic rings. The van der Waals surface area contributed by atoms with Crippen molar-refractivity contribution in [3.63, 3.8) is 0 Å². The summed E-state index contributed by atoms with van der Waals surface area (Å²) in [5.74, 6) is 0.971. The van der Waals surface area contributed by atoms with Crippen LogP contribution in [0.1, 0.15) is 49.3 Å². The van der Waals surface area contributed by atoms with Gasteiger partial charge in [0, 0.05) is 24.5 Å². The van der Waals surface area contributed by atoms with E-state index in [1.54, 1.807) is 0 Å². The van der Waals surface area contributed by atoms with Gasteiger partial charge in [0.15, 0.2) is 0 Å². The normalized spacial score (nSPS) is 34.2. The van der Waals surface area contributed by atoms with Crippen molar-refractivity contribution in [1.29, 1.82) is 0 Å². The summed E-state index contributed by atoms with van der Waals surface area (Å²) in [7, 11) is 4.08. The van der Waals surface area contributed by atoms with Gasteiger partial charge in [0.2, 0.25) is 5.91 Å². The summed E-state index contributed by atoms with van der Waals surface area (Å²) in [6.45, 7) is 1.44. The van der Waals surface area contributed by atoms with Crippen molar-refractivity contribution in [2.45, 2.75) is 61.7 Å². The number of carbonyl (C=O) groups excluding carboxylic acids is 1. The summed E-state index contributed by atoms with van der Waals surface area (Å²) in [6.07, 6.45) is 4.70. The fourth-order valence-electron chi connectivity index (χ4n) is 5.86. The predicted octanol–water partition coefficient (Wildman–Crippen LogP) is 1.17. The maximum absolute atomic E-state index is 13.0. The number of amides is 1. The van der Waals surface area contributed by atoms with Crippen LogP contribution >= 0.6 is 0 Å². The van der Waals surface area contributed by atoms with E-state index >= 15 is 0 Å². The Hall–Kier alpha value is -1.47. The molecule has 3 fully saturated rings. The van der Waals surface area contributed by atoms with Crippen molar-refractivity contribution in [3.8, 4) is 0 Å². The van der Waals surface area contributed by atoms with Gasteiger partial charge in [-0.2, -0.15) is 0 Å². The van der Waals surface area contributed by atoms with Crippen molar-refractivity contribution in [3.05, 3.63) is 35.4 Å². The van der Waals surface area contributed by atoms with Crippen molar-refractivity contribution >= 4 is 5.91 Å². The minimum absolute atomic E-state index is 0.0263. The number of likely N-dealkylation sites (tertiary alicyclic amines) is 1. The Bertz CT molecular complexity index is 755. The van der Waals surface area contributed by atoms with Gasteiger partial charge in [-0.3, -0.25) is 10.2 Å². The highest BCUT2D eigenvalue weighted by molar-refractivity contribution is 5.82. The second kappa shape index (κ2) is 6.80. The van der Waals surface area contributed by atoms with Gasteiger partial charge in [-0.25, -0.2) is 5.43 Å². The highest BCUT2D eigenvalue weighted by Gasteiger charge is 2.53. The Kier molecular flexibility index (Phi) is 4.51. The zero-order valence-corrected chi connectivity index (χ0v) is 16.9. The number of aliphatic hydroxyl groups is 1. The number of nitrogens with zero attached hydrogens (tertiary/aromatic N) is 2. The largest absolute Gasteiger partial charge is 0.390 e. The molecule has 1 spiro atoms. The molecule has 5 rings (SSSR count). The summed E-state index contributed by atoms with van der Waals surface area (Å²) < 4.78 is 0. The van der Waals surface area contributed by atoms with Crippen LogP contribution in [0.4, 0.5) is 0 Å². The molecule has 2 unspecified atom stereocenters. The molecule has 0 radical (unpaired) electrons. The fraction of sp³-hybridized carbons (Fsp3) is 0.682. The quantitative estimate of drug-likeness (QED) is 0.730. The third kappa shape index (κ3) is 2.81. The molecule has 6 nitrogen and oxygen atoms in total. The number of fused-ring (bicyclic) bond motifs is 2. The average molecular weight is 385 g/mol. The first kappa shape index (κ1) is 18.6. The Morgan fingerprint density at radius 2 is 1.89 bits per heavy atom. The van der Waals surface area contributed by atoms with E-state index in [1.807, 2.05) is 19.0 Å². The van der Waals surface area contributed by atoms with Crippen molar-refractivity contribution < 1.29 is 9.90 Å². The Morgan fingerprint density at radius 1 is 1.18 bits per heavy atom. The standard InChI is InChI=1S/C22H32N4O2/c1-25(2)19-15-5-3-4-6-16(15)22(20(19)27)9-11-26(12-10-22)21(28)18-13-17(23-24-18)14-7-8-14/h3-6,14,17-20,23-24,27H,7-13H2,1-2H3/t17?,18?,19-,20+/m0/s1. The molecule has 1 aromatic rings. The molecule has 2 aliphatic carbocycles. The predicted molar refractivity (Wildman–Crippen MR) is 108 cm³/mol. The van der Waals surface area contributed by atoms with E-state index < -0.39 is 6.10 Å². The maximum atomic E-state index is 13.0. The lowest BCUT2D eigenvalue weighted by molar-refractivity contribution is -0.135. The van der Waals surface area contributed by atoms with Crippen LogP contribution in [-0.4, -0.2) is 66.2 Å². The van der Waals surface area contributed by atoms with Crippen LogP contribution in [0.3, 0.4) is 0 Å². The van der Waals surface area contributed by atoms with Crippen LogP contribution in [0.25, 0.3) is 0 Å². The van der Waals surface area contributed by atoms with Crippen molar-refractivity contribution in [2.75, 3.05) is 27.2 Å². The van der Waals surface area contributed by atoms with Gasteiger partial charge in [0.05, 0.1) is 12.1 Å². The summed E-state index contributed by atoms with van der Waals surface area (Å²) in [5.41, 5.74) is 8.86. The first-order chi connectivity index (χ1) is 13.5. The summed E-state index contributed by atoms with van der Waals surface area (Å²) in [6, 6.07) is 8.86. The Labute approximate surface area is 167 Å². The SMILES string of the molecule is CN(C)[C@H]1c2ccccc2C2(CCN(C(=O)C3CC(C4CC4)NN3)CC2)[C@@H]1O. The van der Waals surface area contributed by atoms with E-state index in [0.29, 0.717) is 6.04 Å². The van der Waals surface area contributed by atoms with Gasteiger partial charge in [-0.1, -0.05) is 24.3 Å². The molecule has 2 heterocycles. The summed E-state index contributed by atoms with van der Waals surface area (Å²) in [4.78, 5) is 17.2. The summed E-state index contributed by atoms with van der Waals surface area (Å²) >= 11 is 0. The van der Waals surface area contributed by atoms with Crippen molar-refractivity contribution in [2.24, 2.45) is 5.92 Å². The second-order valence-corrected chi connectivity index (χ2v) is 9.44. The van der Waals surface area contributed by atoms with Gasteiger partial charge < -0.3 is 14.9 Å². The number of nitrogens with one attached hydrogen (secondary N) is 2. The number of hydrogen-bond donors (Lipinski definition) is 3. The monoisotopic (exact) mass is 384 g/mol. The molecule has 1 amide bonds. The highest BCUT2D eigenvalue weighted by atomic mass is 16.3. The van der Waals surface area contributed by atoms with Gasteiger partial charge in [-0.05, 0) is 63.2 Å². The van der Waals surface area contributed by atoms with Crippen LogP contribution in [-0.2, 0) is 10.2 Å². The lowest BCUT2D eigenvalue weighted by Crippen LogP contribution is -2.54. The maximum Gasteiger partial charge on any atom is 0.241 e. The molecule has 2 saturated heterocycles. The molecular weight excluding hydrogens is 352 g/mol. The number of aliphatic hydroxyl groups excluding tert-OH is 1. The van der Waals surface area contributed by atoms with Gasteiger partial charge in [0.25, 0.3) is 0 Å². The van der Waals surface area contributed by atoms with Gasteiger partial charge in [0.1, 0.15) is 6.04 Å². The van der Waals surface area contributed by atoms with E-state index in [4.69, 9.17) is 0 Å². The summed E-state index contributed by atoms with van der Waals surface area (Å²) in [5, 5.41) is 11.3. The molecule has 28 heavy (non-hydrogen) atoms. The molecule has 2 aliphatic heterocycles. The highest BCUT2D eigenvalue weighted by Crippen LogP contribution is 2.52.